The van der Waals surface area contributed by atoms with Crippen molar-refractivity contribution in [2.75, 3.05) is 6.61 Å². The number of carbonyl (C=O) groups excluding carboxylic acids is 1. The highest BCUT2D eigenvalue weighted by Crippen LogP contribution is 1.94. The molecule has 0 saturated carbocycles. The van der Waals surface area contributed by atoms with Crippen LogP contribution in [0.3, 0.4) is 0 Å². The van der Waals surface area contributed by atoms with Crippen LogP contribution in [0.2, 0.25) is 0 Å². The van der Waals surface area contributed by atoms with Crippen molar-refractivity contribution in [1.82, 2.24) is 20.6 Å². The first-order valence-corrected chi connectivity index (χ1v) is 5.68. The molecule has 0 spiro atoms. The number of aliphatic carboxylic acids is 1. The Morgan fingerprint density at radius 2 is 2.11 bits per heavy atom. The van der Waals surface area contributed by atoms with Crippen molar-refractivity contribution in [2.24, 2.45) is 0 Å². The highest BCUT2D eigenvalue weighted by Gasteiger charge is 2.18. The molecule has 1 aromatic heterocycles. The summed E-state index contributed by atoms with van der Waals surface area (Å²) in [7, 11) is 0. The molecule has 0 fully saturated rings. The minimum atomic E-state index is -1.20. The molecule has 8 nitrogen and oxygen atoms in total. The summed E-state index contributed by atoms with van der Waals surface area (Å²) in [4.78, 5) is 30.3. The lowest BCUT2D eigenvalue weighted by Crippen LogP contribution is -2.46. The van der Waals surface area contributed by atoms with Crippen LogP contribution in [0.4, 0.5) is 4.79 Å². The lowest BCUT2D eigenvalue weighted by atomic mass is 10.2. The van der Waals surface area contributed by atoms with Gasteiger partial charge >= 0.3 is 12.0 Å². The number of aromatic nitrogens is 2. The number of rotatable bonds is 6. The van der Waals surface area contributed by atoms with Gasteiger partial charge in [0.2, 0.25) is 0 Å². The minimum absolute atomic E-state index is 0.0485. The van der Waals surface area contributed by atoms with Crippen molar-refractivity contribution in [2.45, 2.75) is 25.9 Å². The summed E-state index contributed by atoms with van der Waals surface area (Å²) in [5.41, 5.74) is 1.33. The molecule has 1 rings (SSSR count). The fourth-order valence-corrected chi connectivity index (χ4v) is 1.28. The minimum Gasteiger partial charge on any atom is -0.480 e. The summed E-state index contributed by atoms with van der Waals surface area (Å²) in [6.07, 6.45) is 3.05. The van der Waals surface area contributed by atoms with Crippen molar-refractivity contribution in [3.8, 4) is 0 Å². The first kappa shape index (κ1) is 14.8. The fourth-order valence-electron chi connectivity index (χ4n) is 1.28. The molecule has 4 N–H and O–H groups in total. The third-order valence-corrected chi connectivity index (χ3v) is 2.29. The number of nitrogens with zero attached hydrogens (tertiary/aromatic N) is 2. The number of hydrogen-bond donors (Lipinski definition) is 4. The number of aliphatic hydroxyl groups is 1. The Bertz CT molecular complexity index is 435. The Hall–Kier alpha value is -2.22. The molecule has 0 aliphatic carbocycles. The third-order valence-electron chi connectivity index (χ3n) is 2.29. The maximum atomic E-state index is 11.5. The standard InChI is InChI=1S/C11H16N4O4/c1-7-4-13-8(5-12-7)6-14-11(19)15-9(2-3-16)10(17)18/h4-5,9,16H,2-3,6H2,1H3,(H,17,18)(H2,14,15,19)/t9-/m1/s1. The number of carbonyl (C=O) groups is 2. The van der Waals surface area contributed by atoms with Gasteiger partial charge in [-0.25, -0.2) is 9.59 Å². The van der Waals surface area contributed by atoms with E-state index in [4.69, 9.17) is 10.2 Å². The van der Waals surface area contributed by atoms with Gasteiger partial charge in [-0.05, 0) is 6.92 Å². The van der Waals surface area contributed by atoms with E-state index in [0.29, 0.717) is 5.69 Å². The van der Waals surface area contributed by atoms with E-state index in [9.17, 15) is 9.59 Å². The highest BCUT2D eigenvalue weighted by molar-refractivity contribution is 5.82. The van der Waals surface area contributed by atoms with Gasteiger partial charge in [-0.3, -0.25) is 9.97 Å². The first-order valence-electron chi connectivity index (χ1n) is 5.68. The zero-order valence-electron chi connectivity index (χ0n) is 10.5. The molecule has 0 bridgehead atoms. The van der Waals surface area contributed by atoms with Gasteiger partial charge in [-0.15, -0.1) is 0 Å². The second kappa shape index (κ2) is 7.27. The van der Waals surface area contributed by atoms with Crippen molar-refractivity contribution >= 4 is 12.0 Å². The summed E-state index contributed by atoms with van der Waals surface area (Å²) in [5, 5.41) is 22.2. The van der Waals surface area contributed by atoms with E-state index in [0.717, 1.165) is 5.69 Å². The van der Waals surface area contributed by atoms with Crippen LogP contribution in [0.15, 0.2) is 12.4 Å². The first-order chi connectivity index (χ1) is 9.02. The van der Waals surface area contributed by atoms with Gasteiger partial charge in [-0.1, -0.05) is 0 Å². The SMILES string of the molecule is Cc1cnc(CNC(=O)N[C@H](CCO)C(=O)O)cn1. The second-order valence-corrected chi connectivity index (χ2v) is 3.88. The van der Waals surface area contributed by atoms with Crippen LogP contribution < -0.4 is 10.6 Å². The molecule has 1 aromatic rings. The van der Waals surface area contributed by atoms with Gasteiger partial charge in [0.05, 0.1) is 24.1 Å². The molecule has 1 heterocycles. The second-order valence-electron chi connectivity index (χ2n) is 3.88. The Kier molecular flexibility index (Phi) is 5.68. The summed E-state index contributed by atoms with van der Waals surface area (Å²) in [5.74, 6) is -1.20. The van der Waals surface area contributed by atoms with Crippen LogP contribution in [-0.4, -0.2) is 44.8 Å². The maximum Gasteiger partial charge on any atom is 0.326 e. The average molecular weight is 268 g/mol. The van der Waals surface area contributed by atoms with Crippen molar-refractivity contribution in [3.05, 3.63) is 23.8 Å². The molecule has 104 valence electrons. The number of urea groups is 1. The number of hydrogen-bond acceptors (Lipinski definition) is 5. The molecule has 8 heteroatoms. The number of aryl methyl sites for hydroxylation is 1. The quantitative estimate of drug-likeness (QED) is 0.547. The van der Waals surface area contributed by atoms with E-state index in [-0.39, 0.29) is 19.6 Å². The van der Waals surface area contributed by atoms with Gasteiger partial charge in [0.1, 0.15) is 6.04 Å². The van der Waals surface area contributed by atoms with Crippen LogP contribution >= 0.6 is 0 Å². The van der Waals surface area contributed by atoms with Crippen molar-refractivity contribution in [1.29, 1.82) is 0 Å². The topological polar surface area (TPSA) is 124 Å². The van der Waals surface area contributed by atoms with Crippen molar-refractivity contribution < 1.29 is 19.8 Å². The molecule has 0 unspecified atom stereocenters. The molecule has 0 aliphatic rings. The zero-order valence-corrected chi connectivity index (χ0v) is 10.5. The molecule has 19 heavy (non-hydrogen) atoms. The molecule has 1 atom stereocenters. The monoisotopic (exact) mass is 268 g/mol. The molecule has 2 amide bonds. The summed E-state index contributed by atoms with van der Waals surface area (Å²) < 4.78 is 0. The van der Waals surface area contributed by atoms with Crippen LogP contribution in [0, 0.1) is 6.92 Å². The third kappa shape index (κ3) is 5.30. The Balaban J connectivity index is 2.42. The molecule has 0 saturated heterocycles. The Labute approximate surface area is 109 Å². The smallest absolute Gasteiger partial charge is 0.326 e. The maximum absolute atomic E-state index is 11.5. The Morgan fingerprint density at radius 3 is 2.63 bits per heavy atom. The molecule has 0 aromatic carbocycles. The van der Waals surface area contributed by atoms with Gasteiger partial charge in [-0.2, -0.15) is 0 Å². The molecular weight excluding hydrogens is 252 g/mol. The van der Waals surface area contributed by atoms with Crippen LogP contribution in [0.1, 0.15) is 17.8 Å². The molecule has 0 radical (unpaired) electrons. The number of amides is 2. The van der Waals surface area contributed by atoms with Gasteiger partial charge < -0.3 is 20.8 Å². The van der Waals surface area contributed by atoms with Gasteiger partial charge in [0, 0.05) is 19.2 Å². The average Bonchev–Trinajstić information content (AvgIpc) is 2.37. The predicted molar refractivity (Wildman–Crippen MR) is 65.3 cm³/mol. The highest BCUT2D eigenvalue weighted by atomic mass is 16.4. The lowest BCUT2D eigenvalue weighted by molar-refractivity contribution is -0.139. The number of carboxylic acid groups (broad SMARTS) is 1. The predicted octanol–water partition coefficient (Wildman–Crippen LogP) is -0.580. The lowest BCUT2D eigenvalue weighted by Gasteiger charge is -2.13. The molecular formula is C11H16N4O4. The van der Waals surface area contributed by atoms with E-state index in [1.54, 1.807) is 13.1 Å². The number of aliphatic hydroxyl groups excluding tert-OH is 1. The number of carboxylic acids is 1. The largest absolute Gasteiger partial charge is 0.480 e. The van der Waals surface area contributed by atoms with Crippen LogP contribution in [0.5, 0.6) is 0 Å². The van der Waals surface area contributed by atoms with Gasteiger partial charge in [0.15, 0.2) is 0 Å². The Morgan fingerprint density at radius 1 is 1.37 bits per heavy atom. The number of nitrogens with one attached hydrogen (secondary N) is 2. The fraction of sp³-hybridized carbons (Fsp3) is 0.455. The van der Waals surface area contributed by atoms with Crippen LogP contribution in [0.25, 0.3) is 0 Å². The van der Waals surface area contributed by atoms with E-state index in [2.05, 4.69) is 20.6 Å². The normalized spacial score (nSPS) is 11.7. The summed E-state index contributed by atoms with van der Waals surface area (Å²) >= 11 is 0. The van der Waals surface area contributed by atoms with E-state index >= 15 is 0 Å². The van der Waals surface area contributed by atoms with E-state index in [1.165, 1.54) is 6.20 Å². The van der Waals surface area contributed by atoms with Crippen LogP contribution in [-0.2, 0) is 11.3 Å². The van der Waals surface area contributed by atoms with E-state index < -0.39 is 18.0 Å². The van der Waals surface area contributed by atoms with Gasteiger partial charge in [0.25, 0.3) is 0 Å². The summed E-state index contributed by atoms with van der Waals surface area (Å²) in [6.45, 7) is 1.62. The molecule has 0 aliphatic heterocycles. The summed E-state index contributed by atoms with van der Waals surface area (Å²) in [6, 6.07) is -1.75. The van der Waals surface area contributed by atoms with E-state index in [1.807, 2.05) is 0 Å². The van der Waals surface area contributed by atoms with Crippen molar-refractivity contribution in [3.63, 3.8) is 0 Å². The zero-order chi connectivity index (χ0) is 14.3.